The van der Waals surface area contributed by atoms with Crippen LogP contribution in [0.1, 0.15) is 57.7 Å². The van der Waals surface area contributed by atoms with Gasteiger partial charge in [0.2, 0.25) is 5.89 Å². The molecule has 1 heterocycles. The van der Waals surface area contributed by atoms with Crippen LogP contribution in [0.2, 0.25) is 0 Å². The normalized spacial score (nSPS) is 18.7. The molecule has 0 bridgehead atoms. The molecule has 0 unspecified atom stereocenters. The van der Waals surface area contributed by atoms with Gasteiger partial charge in [-0.15, -0.1) is 0 Å². The van der Waals surface area contributed by atoms with Crippen molar-refractivity contribution in [2.45, 2.75) is 57.8 Å². The number of rotatable bonds is 6. The van der Waals surface area contributed by atoms with Gasteiger partial charge in [-0.05, 0) is 32.2 Å². The second-order valence-corrected chi connectivity index (χ2v) is 5.95. The summed E-state index contributed by atoms with van der Waals surface area (Å²) in [6, 6.07) is 0. The predicted molar refractivity (Wildman–Crippen MR) is 71.5 cm³/mol. The third-order valence-electron chi connectivity index (χ3n) is 3.88. The van der Waals surface area contributed by atoms with Crippen molar-refractivity contribution < 1.29 is 4.52 Å². The standard InChI is InChI=1S/C14H25N3O/c1-11(2)10-14(7-4-5-8-14)13-16-12(17-18-13)6-9-15-3/h11,15H,4-10H2,1-3H3. The quantitative estimate of drug-likeness (QED) is 0.844. The molecule has 1 N–H and O–H groups in total. The van der Waals surface area contributed by atoms with Gasteiger partial charge in [-0.2, -0.15) is 4.98 Å². The van der Waals surface area contributed by atoms with Crippen LogP contribution in [0.5, 0.6) is 0 Å². The van der Waals surface area contributed by atoms with Crippen LogP contribution in [0.25, 0.3) is 0 Å². The zero-order valence-electron chi connectivity index (χ0n) is 11.8. The Morgan fingerprint density at radius 3 is 2.67 bits per heavy atom. The average Bonchev–Trinajstić information content (AvgIpc) is 2.94. The highest BCUT2D eigenvalue weighted by atomic mass is 16.5. The zero-order chi connectivity index (χ0) is 13.0. The molecule has 2 rings (SSSR count). The van der Waals surface area contributed by atoms with Crippen molar-refractivity contribution in [3.05, 3.63) is 11.7 Å². The SMILES string of the molecule is CNCCc1noc(C2(CC(C)C)CCCC2)n1. The van der Waals surface area contributed by atoms with Gasteiger partial charge in [0.15, 0.2) is 5.82 Å². The number of nitrogens with one attached hydrogen (secondary N) is 1. The van der Waals surface area contributed by atoms with E-state index >= 15 is 0 Å². The summed E-state index contributed by atoms with van der Waals surface area (Å²) >= 11 is 0. The minimum atomic E-state index is 0.166. The van der Waals surface area contributed by atoms with E-state index in [9.17, 15) is 0 Å². The third kappa shape index (κ3) is 2.91. The number of hydrogen-bond acceptors (Lipinski definition) is 4. The van der Waals surface area contributed by atoms with Crippen LogP contribution in [-0.4, -0.2) is 23.7 Å². The summed E-state index contributed by atoms with van der Waals surface area (Å²) in [4.78, 5) is 4.64. The smallest absolute Gasteiger partial charge is 0.232 e. The van der Waals surface area contributed by atoms with Crippen molar-refractivity contribution in [3.63, 3.8) is 0 Å². The molecule has 0 aromatic carbocycles. The lowest BCUT2D eigenvalue weighted by molar-refractivity contribution is 0.243. The van der Waals surface area contributed by atoms with Crippen molar-refractivity contribution in [2.24, 2.45) is 5.92 Å². The lowest BCUT2D eigenvalue weighted by atomic mass is 9.78. The molecule has 0 spiro atoms. The van der Waals surface area contributed by atoms with Gasteiger partial charge in [0.25, 0.3) is 0 Å². The summed E-state index contributed by atoms with van der Waals surface area (Å²) < 4.78 is 5.56. The van der Waals surface area contributed by atoms with Gasteiger partial charge in [0.1, 0.15) is 0 Å². The van der Waals surface area contributed by atoms with Crippen molar-refractivity contribution in [1.82, 2.24) is 15.5 Å². The molecule has 18 heavy (non-hydrogen) atoms. The number of hydrogen-bond donors (Lipinski definition) is 1. The monoisotopic (exact) mass is 251 g/mol. The molecule has 0 saturated heterocycles. The highest BCUT2D eigenvalue weighted by Crippen LogP contribution is 2.44. The van der Waals surface area contributed by atoms with Gasteiger partial charge in [-0.3, -0.25) is 0 Å². The Morgan fingerprint density at radius 1 is 1.33 bits per heavy atom. The molecule has 4 nitrogen and oxygen atoms in total. The molecule has 1 saturated carbocycles. The molecule has 1 aromatic heterocycles. The van der Waals surface area contributed by atoms with E-state index in [0.29, 0.717) is 5.92 Å². The average molecular weight is 251 g/mol. The maximum atomic E-state index is 5.56. The first kappa shape index (κ1) is 13.5. The fraction of sp³-hybridized carbons (Fsp3) is 0.857. The van der Waals surface area contributed by atoms with E-state index in [-0.39, 0.29) is 5.41 Å². The van der Waals surface area contributed by atoms with Crippen LogP contribution >= 0.6 is 0 Å². The molecule has 1 aromatic rings. The van der Waals surface area contributed by atoms with Crippen molar-refractivity contribution >= 4 is 0 Å². The van der Waals surface area contributed by atoms with Crippen LogP contribution in [0, 0.1) is 5.92 Å². The number of likely N-dealkylation sites (N-methyl/N-ethyl adjacent to an activating group) is 1. The Hall–Kier alpha value is -0.900. The Bertz CT molecular complexity index is 367. The van der Waals surface area contributed by atoms with E-state index in [1.165, 1.54) is 32.1 Å². The van der Waals surface area contributed by atoms with E-state index in [0.717, 1.165) is 24.7 Å². The first-order valence-corrected chi connectivity index (χ1v) is 7.14. The minimum absolute atomic E-state index is 0.166. The van der Waals surface area contributed by atoms with Crippen LogP contribution in [0.3, 0.4) is 0 Å². The maximum absolute atomic E-state index is 5.56. The Morgan fingerprint density at radius 2 is 2.06 bits per heavy atom. The lowest BCUT2D eigenvalue weighted by Gasteiger charge is -2.26. The maximum Gasteiger partial charge on any atom is 0.232 e. The lowest BCUT2D eigenvalue weighted by Crippen LogP contribution is -2.25. The number of aromatic nitrogens is 2. The van der Waals surface area contributed by atoms with Crippen molar-refractivity contribution in [3.8, 4) is 0 Å². The van der Waals surface area contributed by atoms with Crippen LogP contribution in [0.4, 0.5) is 0 Å². The third-order valence-corrected chi connectivity index (χ3v) is 3.88. The fourth-order valence-corrected chi connectivity index (χ4v) is 3.15. The summed E-state index contributed by atoms with van der Waals surface area (Å²) in [6.45, 7) is 5.45. The molecular formula is C14H25N3O. The van der Waals surface area contributed by atoms with Gasteiger partial charge >= 0.3 is 0 Å². The van der Waals surface area contributed by atoms with E-state index in [2.05, 4.69) is 29.3 Å². The largest absolute Gasteiger partial charge is 0.339 e. The van der Waals surface area contributed by atoms with E-state index < -0.39 is 0 Å². The van der Waals surface area contributed by atoms with Gasteiger partial charge in [-0.1, -0.05) is 31.8 Å². The Kier molecular flexibility index (Phi) is 4.38. The van der Waals surface area contributed by atoms with Gasteiger partial charge in [0, 0.05) is 18.4 Å². The molecule has 1 aliphatic carbocycles. The molecule has 1 fully saturated rings. The molecule has 0 aliphatic heterocycles. The molecule has 1 aliphatic rings. The van der Waals surface area contributed by atoms with Gasteiger partial charge in [-0.25, -0.2) is 0 Å². The van der Waals surface area contributed by atoms with Gasteiger partial charge in [0.05, 0.1) is 0 Å². The molecule has 102 valence electrons. The van der Waals surface area contributed by atoms with E-state index in [4.69, 9.17) is 4.52 Å². The Balaban J connectivity index is 2.13. The summed E-state index contributed by atoms with van der Waals surface area (Å²) in [5.74, 6) is 2.41. The Labute approximate surface area is 110 Å². The van der Waals surface area contributed by atoms with Gasteiger partial charge < -0.3 is 9.84 Å². The summed E-state index contributed by atoms with van der Waals surface area (Å²) in [5, 5.41) is 7.24. The van der Waals surface area contributed by atoms with E-state index in [1.54, 1.807) is 0 Å². The van der Waals surface area contributed by atoms with Crippen LogP contribution in [-0.2, 0) is 11.8 Å². The summed E-state index contributed by atoms with van der Waals surface area (Å²) in [7, 11) is 1.94. The minimum Gasteiger partial charge on any atom is -0.339 e. The highest BCUT2D eigenvalue weighted by molar-refractivity contribution is 5.08. The highest BCUT2D eigenvalue weighted by Gasteiger charge is 2.41. The predicted octanol–water partition coefficient (Wildman–Crippen LogP) is 2.69. The topological polar surface area (TPSA) is 51.0 Å². The summed E-state index contributed by atoms with van der Waals surface area (Å²) in [5.41, 5.74) is 0.166. The first-order chi connectivity index (χ1) is 8.66. The van der Waals surface area contributed by atoms with Crippen LogP contribution in [0.15, 0.2) is 4.52 Å². The second kappa shape index (κ2) is 5.83. The molecule has 0 amide bonds. The second-order valence-electron chi connectivity index (χ2n) is 5.95. The zero-order valence-corrected chi connectivity index (χ0v) is 11.8. The first-order valence-electron chi connectivity index (χ1n) is 7.14. The summed E-state index contributed by atoms with van der Waals surface area (Å²) in [6.07, 6.45) is 7.01. The fourth-order valence-electron chi connectivity index (χ4n) is 3.15. The molecule has 0 radical (unpaired) electrons. The molecular weight excluding hydrogens is 226 g/mol. The van der Waals surface area contributed by atoms with Crippen molar-refractivity contribution in [2.75, 3.05) is 13.6 Å². The molecule has 0 atom stereocenters. The van der Waals surface area contributed by atoms with E-state index in [1.807, 2.05) is 7.05 Å². The van der Waals surface area contributed by atoms with Crippen LogP contribution < -0.4 is 5.32 Å². The van der Waals surface area contributed by atoms with Crippen molar-refractivity contribution in [1.29, 1.82) is 0 Å². The molecule has 4 heteroatoms. The number of nitrogens with zero attached hydrogens (tertiary/aromatic N) is 2.